The van der Waals surface area contributed by atoms with Crippen molar-refractivity contribution in [3.63, 3.8) is 0 Å². The first-order valence-electron chi connectivity index (χ1n) is 7.32. The van der Waals surface area contributed by atoms with E-state index >= 15 is 0 Å². The lowest BCUT2D eigenvalue weighted by atomic mass is 9.92. The SMILES string of the molecule is CCSCC[C@@H](C)NC(=O)[C@H]1CCOc2ccccc21. The van der Waals surface area contributed by atoms with Crippen LogP contribution in [0.25, 0.3) is 0 Å². The lowest BCUT2D eigenvalue weighted by Crippen LogP contribution is -2.38. The summed E-state index contributed by atoms with van der Waals surface area (Å²) in [6, 6.07) is 8.09. The number of hydrogen-bond acceptors (Lipinski definition) is 3. The summed E-state index contributed by atoms with van der Waals surface area (Å²) in [5, 5.41) is 3.14. The van der Waals surface area contributed by atoms with Gasteiger partial charge in [-0.05, 0) is 37.3 Å². The first kappa shape index (κ1) is 15.2. The number of nitrogens with one attached hydrogen (secondary N) is 1. The van der Waals surface area contributed by atoms with Crippen LogP contribution in [0.15, 0.2) is 24.3 Å². The van der Waals surface area contributed by atoms with Crippen molar-refractivity contribution in [1.82, 2.24) is 5.32 Å². The normalized spacial score (nSPS) is 18.8. The van der Waals surface area contributed by atoms with Gasteiger partial charge in [0.25, 0.3) is 0 Å². The molecule has 2 rings (SSSR count). The summed E-state index contributed by atoms with van der Waals surface area (Å²) in [5.41, 5.74) is 1.02. The van der Waals surface area contributed by atoms with Gasteiger partial charge in [-0.1, -0.05) is 25.1 Å². The number of carbonyl (C=O) groups is 1. The standard InChI is InChI=1S/C16H23NO2S/c1-3-20-11-9-12(2)17-16(18)14-8-10-19-15-7-5-4-6-13(14)15/h4-7,12,14H,3,8-11H2,1-2H3,(H,17,18)/t12-,14+/m1/s1. The van der Waals surface area contributed by atoms with Crippen LogP contribution in [0.4, 0.5) is 0 Å². The van der Waals surface area contributed by atoms with Crippen LogP contribution < -0.4 is 10.1 Å². The lowest BCUT2D eigenvalue weighted by molar-refractivity contribution is -0.123. The number of amides is 1. The molecule has 20 heavy (non-hydrogen) atoms. The predicted molar refractivity (Wildman–Crippen MR) is 84.5 cm³/mol. The molecule has 1 aromatic rings. The maximum atomic E-state index is 12.4. The molecule has 1 amide bonds. The Kier molecular flexibility index (Phi) is 5.77. The van der Waals surface area contributed by atoms with Crippen LogP contribution in [0.2, 0.25) is 0 Å². The fourth-order valence-corrected chi connectivity index (χ4v) is 3.24. The second-order valence-corrected chi connectivity index (χ2v) is 6.52. The Morgan fingerprint density at radius 2 is 2.30 bits per heavy atom. The largest absolute Gasteiger partial charge is 0.493 e. The molecule has 0 unspecified atom stereocenters. The molecule has 1 heterocycles. The van der Waals surface area contributed by atoms with E-state index in [9.17, 15) is 4.79 Å². The monoisotopic (exact) mass is 293 g/mol. The van der Waals surface area contributed by atoms with Gasteiger partial charge >= 0.3 is 0 Å². The van der Waals surface area contributed by atoms with Crippen molar-refractivity contribution in [2.45, 2.75) is 38.6 Å². The van der Waals surface area contributed by atoms with E-state index < -0.39 is 0 Å². The Morgan fingerprint density at radius 1 is 1.50 bits per heavy atom. The van der Waals surface area contributed by atoms with Crippen LogP contribution in [-0.2, 0) is 4.79 Å². The number of carbonyl (C=O) groups excluding carboxylic acids is 1. The fraction of sp³-hybridized carbons (Fsp3) is 0.562. The van der Waals surface area contributed by atoms with E-state index in [1.807, 2.05) is 36.0 Å². The molecule has 0 spiro atoms. The highest BCUT2D eigenvalue weighted by Gasteiger charge is 2.27. The summed E-state index contributed by atoms with van der Waals surface area (Å²) in [4.78, 5) is 12.4. The van der Waals surface area contributed by atoms with E-state index in [1.165, 1.54) is 0 Å². The van der Waals surface area contributed by atoms with Gasteiger partial charge in [0, 0.05) is 11.6 Å². The summed E-state index contributed by atoms with van der Waals surface area (Å²) < 4.78 is 5.60. The van der Waals surface area contributed by atoms with Gasteiger partial charge in [0.2, 0.25) is 5.91 Å². The number of fused-ring (bicyclic) bond motifs is 1. The summed E-state index contributed by atoms with van der Waals surface area (Å²) in [6.45, 7) is 4.86. The van der Waals surface area contributed by atoms with Crippen molar-refractivity contribution in [1.29, 1.82) is 0 Å². The third-order valence-electron chi connectivity index (χ3n) is 3.56. The molecule has 110 valence electrons. The topological polar surface area (TPSA) is 38.3 Å². The summed E-state index contributed by atoms with van der Waals surface area (Å²) in [5.74, 6) is 3.15. The zero-order valence-electron chi connectivity index (χ0n) is 12.2. The first-order chi connectivity index (χ1) is 9.72. The van der Waals surface area contributed by atoms with Crippen molar-refractivity contribution >= 4 is 17.7 Å². The number of thioether (sulfide) groups is 1. The van der Waals surface area contributed by atoms with Crippen molar-refractivity contribution in [3.05, 3.63) is 29.8 Å². The van der Waals surface area contributed by atoms with Gasteiger partial charge in [-0.25, -0.2) is 0 Å². The van der Waals surface area contributed by atoms with E-state index in [-0.39, 0.29) is 17.9 Å². The third-order valence-corrected chi connectivity index (χ3v) is 4.50. The van der Waals surface area contributed by atoms with Gasteiger partial charge in [0.1, 0.15) is 5.75 Å². The van der Waals surface area contributed by atoms with E-state index in [4.69, 9.17) is 4.74 Å². The number of benzene rings is 1. The third kappa shape index (κ3) is 3.92. The van der Waals surface area contributed by atoms with Crippen LogP contribution in [0, 0.1) is 0 Å². The molecule has 4 heteroatoms. The minimum Gasteiger partial charge on any atom is -0.493 e. The molecule has 0 saturated heterocycles. The molecule has 0 bridgehead atoms. The van der Waals surface area contributed by atoms with Crippen LogP contribution in [0.1, 0.15) is 38.2 Å². The van der Waals surface area contributed by atoms with E-state index in [0.717, 1.165) is 35.7 Å². The summed E-state index contributed by atoms with van der Waals surface area (Å²) >= 11 is 1.92. The van der Waals surface area contributed by atoms with Crippen LogP contribution in [0.3, 0.4) is 0 Å². The van der Waals surface area contributed by atoms with Crippen molar-refractivity contribution in [2.75, 3.05) is 18.1 Å². The zero-order chi connectivity index (χ0) is 14.4. The molecule has 2 atom stereocenters. The molecule has 1 aliphatic rings. The number of para-hydroxylation sites is 1. The minimum absolute atomic E-state index is 0.0683. The first-order valence-corrected chi connectivity index (χ1v) is 8.47. The highest BCUT2D eigenvalue weighted by Crippen LogP contribution is 2.33. The Hall–Kier alpha value is -1.16. The van der Waals surface area contributed by atoms with Crippen LogP contribution >= 0.6 is 11.8 Å². The Morgan fingerprint density at radius 3 is 3.10 bits per heavy atom. The zero-order valence-corrected chi connectivity index (χ0v) is 13.0. The van der Waals surface area contributed by atoms with Crippen molar-refractivity contribution in [3.8, 4) is 5.75 Å². The van der Waals surface area contributed by atoms with Crippen LogP contribution in [-0.4, -0.2) is 30.1 Å². The number of rotatable bonds is 6. The van der Waals surface area contributed by atoms with Gasteiger partial charge in [0.15, 0.2) is 0 Å². The molecule has 3 nitrogen and oxygen atoms in total. The Balaban J connectivity index is 1.93. The van der Waals surface area contributed by atoms with Crippen molar-refractivity contribution < 1.29 is 9.53 Å². The maximum absolute atomic E-state index is 12.4. The summed E-state index contributed by atoms with van der Waals surface area (Å²) in [6.07, 6.45) is 1.79. The number of hydrogen-bond donors (Lipinski definition) is 1. The van der Waals surface area contributed by atoms with Crippen molar-refractivity contribution in [2.24, 2.45) is 0 Å². The molecule has 1 N–H and O–H groups in total. The molecule has 1 aromatic carbocycles. The quantitative estimate of drug-likeness (QED) is 0.819. The summed E-state index contributed by atoms with van der Waals surface area (Å²) in [7, 11) is 0. The Labute approximate surface area is 125 Å². The van der Waals surface area contributed by atoms with Gasteiger partial charge < -0.3 is 10.1 Å². The molecule has 0 aliphatic carbocycles. The second-order valence-electron chi connectivity index (χ2n) is 5.12. The van der Waals surface area contributed by atoms with Gasteiger partial charge in [-0.2, -0.15) is 11.8 Å². The smallest absolute Gasteiger partial charge is 0.228 e. The highest BCUT2D eigenvalue weighted by atomic mass is 32.2. The minimum atomic E-state index is -0.0683. The molecule has 0 fully saturated rings. The van der Waals surface area contributed by atoms with Gasteiger partial charge in [-0.15, -0.1) is 0 Å². The molecular weight excluding hydrogens is 270 g/mol. The van der Waals surface area contributed by atoms with Gasteiger partial charge in [0.05, 0.1) is 12.5 Å². The average Bonchev–Trinajstić information content (AvgIpc) is 2.47. The average molecular weight is 293 g/mol. The van der Waals surface area contributed by atoms with E-state index in [2.05, 4.69) is 19.2 Å². The molecule has 0 radical (unpaired) electrons. The van der Waals surface area contributed by atoms with Crippen LogP contribution in [0.5, 0.6) is 5.75 Å². The lowest BCUT2D eigenvalue weighted by Gasteiger charge is -2.26. The fourth-order valence-electron chi connectivity index (χ4n) is 2.43. The van der Waals surface area contributed by atoms with E-state index in [0.29, 0.717) is 6.61 Å². The predicted octanol–water partition coefficient (Wildman–Crippen LogP) is 3.20. The molecular formula is C16H23NO2S. The Bertz CT molecular complexity index is 450. The van der Waals surface area contributed by atoms with E-state index in [1.54, 1.807) is 0 Å². The number of ether oxygens (including phenoxy) is 1. The second kappa shape index (κ2) is 7.58. The maximum Gasteiger partial charge on any atom is 0.228 e. The van der Waals surface area contributed by atoms with Gasteiger partial charge in [-0.3, -0.25) is 4.79 Å². The molecule has 1 aliphatic heterocycles. The molecule has 0 aromatic heterocycles. The molecule has 0 saturated carbocycles. The highest BCUT2D eigenvalue weighted by molar-refractivity contribution is 7.99.